The zero-order valence-electron chi connectivity index (χ0n) is 50.2. The molecule has 6 amide bonds. The first kappa shape index (κ1) is 71.7. The van der Waals surface area contributed by atoms with E-state index in [2.05, 4.69) is 31.9 Å². The van der Waals surface area contributed by atoms with Gasteiger partial charge >= 0.3 is 11.9 Å². The number of aliphatic carboxylic acids is 2. The van der Waals surface area contributed by atoms with Crippen molar-refractivity contribution in [1.82, 2.24) is 31.9 Å². The van der Waals surface area contributed by atoms with E-state index in [1.807, 2.05) is 0 Å². The smallest absolute Gasteiger partial charge is 0.364 e. The Morgan fingerprint density at radius 3 is 1.16 bits per heavy atom. The number of ether oxygens (including phenoxy) is 4. The van der Waals surface area contributed by atoms with Gasteiger partial charge in [-0.25, -0.2) is 9.59 Å². The largest absolute Gasteiger partial charge is 0.477 e. The van der Waals surface area contributed by atoms with Crippen LogP contribution in [0.3, 0.4) is 0 Å². The molecule has 2 aliphatic heterocycles. The van der Waals surface area contributed by atoms with Gasteiger partial charge in [0.05, 0.1) is 62.2 Å². The van der Waals surface area contributed by atoms with Crippen LogP contribution >= 0.6 is 23.5 Å². The Kier molecular flexibility index (Phi) is 26.7. The van der Waals surface area contributed by atoms with Gasteiger partial charge < -0.3 is 101 Å². The van der Waals surface area contributed by atoms with Gasteiger partial charge in [-0.3, -0.25) is 28.8 Å². The molecule has 0 saturated carbocycles. The molecule has 12 atom stereocenters. The van der Waals surface area contributed by atoms with Crippen LogP contribution in [0.5, 0.6) is 0 Å². The van der Waals surface area contributed by atoms with Crippen LogP contribution in [0.25, 0.3) is 22.6 Å². The van der Waals surface area contributed by atoms with E-state index in [0.717, 1.165) is 25.0 Å². The Bertz CT molecular complexity index is 3020. The molecule has 0 spiro atoms. The second-order valence-electron chi connectivity index (χ2n) is 21.6. The normalized spacial score (nSPS) is 22.6. The van der Waals surface area contributed by atoms with Crippen LogP contribution in [0.15, 0.2) is 118 Å². The van der Waals surface area contributed by atoms with Gasteiger partial charge in [0.25, 0.3) is 35.2 Å². The fourth-order valence-corrected chi connectivity index (χ4v) is 11.6. The minimum Gasteiger partial charge on any atom is -0.477 e. The van der Waals surface area contributed by atoms with Crippen molar-refractivity contribution in [3.63, 3.8) is 0 Å². The molecule has 0 bridgehead atoms. The maximum atomic E-state index is 12.9. The number of carbonyl (C=O) groups is 8. The monoisotopic (exact) mass is 1320 g/mol. The van der Waals surface area contributed by atoms with Crippen molar-refractivity contribution in [2.45, 2.75) is 112 Å². The maximum Gasteiger partial charge on any atom is 0.364 e. The van der Waals surface area contributed by atoms with Gasteiger partial charge in [-0.05, 0) is 97.1 Å². The van der Waals surface area contributed by atoms with Gasteiger partial charge in [0.1, 0.15) is 35.9 Å². The highest BCUT2D eigenvalue weighted by atomic mass is 32.2. The number of thioether (sulfide) groups is 2. The fraction of sp³-hybridized carbons (Fsp3) is 0.452. The molecule has 30 heteroatoms. The molecule has 0 aliphatic carbocycles. The molecule has 2 fully saturated rings. The van der Waals surface area contributed by atoms with Crippen molar-refractivity contribution < 1.29 is 107 Å². The van der Waals surface area contributed by atoms with Gasteiger partial charge in [-0.2, -0.15) is 23.5 Å². The van der Waals surface area contributed by atoms with Crippen molar-refractivity contribution in [1.29, 1.82) is 0 Å². The van der Waals surface area contributed by atoms with Crippen molar-refractivity contribution in [2.24, 2.45) is 0 Å². The number of benzene rings is 3. The van der Waals surface area contributed by atoms with Crippen LogP contribution in [0.4, 0.5) is 0 Å². The lowest BCUT2D eigenvalue weighted by Gasteiger charge is -2.46. The van der Waals surface area contributed by atoms with Crippen LogP contribution in [-0.4, -0.2) is 223 Å². The average Bonchev–Trinajstić information content (AvgIpc) is 1.07. The van der Waals surface area contributed by atoms with Gasteiger partial charge in [-0.1, -0.05) is 24.3 Å². The third kappa shape index (κ3) is 19.7. The molecule has 0 radical (unpaired) electrons. The number of nitrogens with one attached hydrogen (secondary N) is 6. The second-order valence-corrected chi connectivity index (χ2v) is 24.1. The molecule has 7 rings (SSSR count). The maximum absolute atomic E-state index is 12.9. The lowest BCUT2D eigenvalue weighted by Crippen LogP contribution is -2.68. The summed E-state index contributed by atoms with van der Waals surface area (Å²) in [5.41, 5.74) is 2.48. The zero-order chi connectivity index (χ0) is 66.5. The van der Waals surface area contributed by atoms with E-state index in [-0.39, 0.29) is 50.3 Å². The quantitative estimate of drug-likeness (QED) is 0.0257. The Hall–Kier alpha value is -7.72. The van der Waals surface area contributed by atoms with Crippen molar-refractivity contribution >= 4 is 70.9 Å². The van der Waals surface area contributed by atoms with Crippen molar-refractivity contribution in [2.75, 3.05) is 62.4 Å². The summed E-state index contributed by atoms with van der Waals surface area (Å²) in [6.07, 6.45) is -11.8. The van der Waals surface area contributed by atoms with Gasteiger partial charge in [-0.15, -0.1) is 0 Å². The molecule has 498 valence electrons. The predicted octanol–water partition coefficient (Wildman–Crippen LogP) is 1.12. The fourth-order valence-electron chi connectivity index (χ4n) is 10.1. The first-order chi connectivity index (χ1) is 44.0. The van der Waals surface area contributed by atoms with Crippen LogP contribution in [0.2, 0.25) is 0 Å². The summed E-state index contributed by atoms with van der Waals surface area (Å²) in [7, 11) is 0. The minimum absolute atomic E-state index is 0.189. The predicted molar refractivity (Wildman–Crippen MR) is 331 cm³/mol. The SMILES string of the molecule is CC(=O)N[C@@H]1[C@@H](O)C[C@](OCCCSCCNC(=O)c2ccc(C(=O)NCCSCCCO[C@]3(C(=O)O)C[C@H](O)[C@@H](NC(C)=O)[C@H](C(O)[C@H](O)CNC(=O)c4ccc(-c5ccco5)cc4)O3)cc2)(C(=O)O)O[C@H]1C(O)[C@H](O)CNC(=O)c1ccc(-c2ccco2)cc1. The number of hydrogen-bond acceptors (Lipinski definition) is 22. The molecule has 2 unspecified atom stereocenters. The topological polar surface area (TPSA) is 434 Å². The zero-order valence-corrected chi connectivity index (χ0v) is 51.8. The Balaban J connectivity index is 0.771. The summed E-state index contributed by atoms with van der Waals surface area (Å²) < 4.78 is 33.8. The Labute approximate surface area is 536 Å². The number of carboxylic acid groups (broad SMARTS) is 2. The molecule has 2 aliphatic rings. The van der Waals surface area contributed by atoms with E-state index < -0.39 is 146 Å². The lowest BCUT2D eigenvalue weighted by atomic mass is 9.88. The molecular formula is C62H76N6O22S2. The molecule has 28 nitrogen and oxygen atoms in total. The van der Waals surface area contributed by atoms with E-state index in [1.54, 1.807) is 48.5 Å². The van der Waals surface area contributed by atoms with Crippen molar-refractivity contribution in [3.8, 4) is 22.6 Å². The van der Waals surface area contributed by atoms with Gasteiger partial charge in [0.2, 0.25) is 11.8 Å². The molecule has 4 heterocycles. The number of carbonyl (C=O) groups excluding carboxylic acids is 6. The molecule has 14 N–H and O–H groups in total. The Morgan fingerprint density at radius 1 is 0.511 bits per heavy atom. The summed E-state index contributed by atoms with van der Waals surface area (Å²) in [4.78, 5) is 101. The minimum atomic E-state index is -2.50. The lowest BCUT2D eigenvalue weighted by molar-refractivity contribution is -0.310. The molecule has 2 aromatic heterocycles. The number of hydrogen-bond donors (Lipinski definition) is 14. The molecule has 5 aromatic rings. The highest BCUT2D eigenvalue weighted by Crippen LogP contribution is 2.36. The van der Waals surface area contributed by atoms with Crippen LogP contribution in [-0.2, 0) is 38.1 Å². The first-order valence-electron chi connectivity index (χ1n) is 29.4. The van der Waals surface area contributed by atoms with Crippen LogP contribution < -0.4 is 31.9 Å². The summed E-state index contributed by atoms with van der Waals surface area (Å²) in [6, 6.07) is 22.9. The third-order valence-electron chi connectivity index (χ3n) is 14.9. The standard InChI is InChI=1S/C62H76N6O22S2/c1-35(69)67-49-43(71)31-61(59(81)82,89-53(49)51(75)45(73)33-65-57(79)41-13-9-37(10-14-41)47-7-3-23-85-47)87-25-5-27-91-29-21-63-55(77)39-17-19-40(20-18-39)56(78)64-22-30-92-28-6-26-88-62(60(83)84)32-44(72)50(68-36(2)70)54(90-62)52(76)46(74)34-66-58(80)42-15-11-38(12-16-42)48-8-4-24-86-48/h3-4,7-20,23-24,43-46,49-54,71-76H,5-6,21-22,25-34H2,1-2H3,(H,63,77)(H,64,78)(H,65,79)(H,66,80)(H,67,69)(H,68,70)(H,81,82)(H,83,84)/t43-,44-,45+,46+,49+,50+,51?,52?,53+,54+,61+,62+/m0/s1. The van der Waals surface area contributed by atoms with E-state index in [0.29, 0.717) is 45.7 Å². The third-order valence-corrected chi connectivity index (χ3v) is 17.0. The molecule has 2 saturated heterocycles. The molecule has 92 heavy (non-hydrogen) atoms. The van der Waals surface area contributed by atoms with E-state index in [1.165, 1.54) is 84.6 Å². The van der Waals surface area contributed by atoms with Crippen LogP contribution in [0.1, 0.15) is 81.0 Å². The van der Waals surface area contributed by atoms with E-state index in [4.69, 9.17) is 27.8 Å². The average molecular weight is 1320 g/mol. The summed E-state index contributed by atoms with van der Waals surface area (Å²) in [6.45, 7) is 1.36. The van der Waals surface area contributed by atoms with Crippen LogP contribution in [0, 0.1) is 0 Å². The number of aliphatic hydroxyl groups is 6. The first-order valence-corrected chi connectivity index (χ1v) is 31.7. The number of carboxylic acids is 2. The second kappa shape index (κ2) is 34.3. The highest BCUT2D eigenvalue weighted by Gasteiger charge is 2.57. The van der Waals surface area contributed by atoms with E-state index >= 15 is 0 Å². The molecule has 3 aromatic carbocycles. The Morgan fingerprint density at radius 2 is 0.848 bits per heavy atom. The number of amides is 6. The number of furan rings is 2. The van der Waals surface area contributed by atoms with Gasteiger partial charge in [0.15, 0.2) is 0 Å². The summed E-state index contributed by atoms with van der Waals surface area (Å²) in [5.74, 6) is -8.58. The van der Waals surface area contributed by atoms with E-state index in [9.17, 15) is 79.2 Å². The number of rotatable bonds is 34. The number of aliphatic hydroxyl groups excluding tert-OH is 6. The summed E-state index contributed by atoms with van der Waals surface area (Å²) in [5, 5.41) is 103. The van der Waals surface area contributed by atoms with Gasteiger partial charge in [0, 0.05) is 97.8 Å². The summed E-state index contributed by atoms with van der Waals surface area (Å²) >= 11 is 2.83. The van der Waals surface area contributed by atoms with Crippen molar-refractivity contribution in [3.05, 3.63) is 132 Å². The highest BCUT2D eigenvalue weighted by molar-refractivity contribution is 7.99. The molecular weight excluding hydrogens is 1240 g/mol.